The van der Waals surface area contributed by atoms with Crippen molar-refractivity contribution in [3.8, 4) is 0 Å². The molecule has 0 saturated heterocycles. The maximum absolute atomic E-state index is 2.37. The molecule has 3 heteroatoms. The van der Waals surface area contributed by atoms with E-state index in [2.05, 4.69) is 51.4 Å². The van der Waals surface area contributed by atoms with Crippen LogP contribution in [0.5, 0.6) is 0 Å². The molecule has 0 spiro atoms. The summed E-state index contributed by atoms with van der Waals surface area (Å²) in [5.74, 6) is 0. The number of nitrogens with zero attached hydrogens (tertiary/aromatic N) is 1. The third-order valence-electron chi connectivity index (χ3n) is 5.07. The normalized spacial score (nSPS) is 10.9. The SMILES string of the molecule is CCCCCCCCCCCCCC[N+](C)(C)Cc1ccccc1.O.O. The molecule has 0 amide bonds. The smallest absolute Gasteiger partial charge is 0.104 e. The summed E-state index contributed by atoms with van der Waals surface area (Å²) in [6, 6.07) is 10.9. The van der Waals surface area contributed by atoms with Crippen molar-refractivity contribution in [2.75, 3.05) is 20.6 Å². The van der Waals surface area contributed by atoms with Crippen LogP contribution in [0.15, 0.2) is 30.3 Å². The van der Waals surface area contributed by atoms with Crippen LogP contribution in [0.4, 0.5) is 0 Å². The van der Waals surface area contributed by atoms with E-state index in [-0.39, 0.29) is 11.0 Å². The molecule has 1 aromatic rings. The monoisotopic (exact) mass is 368 g/mol. The summed E-state index contributed by atoms with van der Waals surface area (Å²) in [6.07, 6.45) is 17.2. The van der Waals surface area contributed by atoms with Crippen molar-refractivity contribution < 1.29 is 15.4 Å². The molecule has 0 aromatic heterocycles. The van der Waals surface area contributed by atoms with Crippen molar-refractivity contribution in [3.63, 3.8) is 0 Å². The lowest BCUT2D eigenvalue weighted by Crippen LogP contribution is -2.39. The summed E-state index contributed by atoms with van der Waals surface area (Å²) in [6.45, 7) is 4.74. The molecule has 0 aliphatic heterocycles. The second kappa shape index (κ2) is 17.5. The van der Waals surface area contributed by atoms with Crippen molar-refractivity contribution in [2.45, 2.75) is 90.5 Å². The fraction of sp³-hybridized carbons (Fsp3) is 0.739. The first-order valence-corrected chi connectivity index (χ1v) is 10.5. The average molecular weight is 369 g/mol. The third kappa shape index (κ3) is 15.4. The maximum Gasteiger partial charge on any atom is 0.104 e. The van der Waals surface area contributed by atoms with E-state index in [1.165, 1.54) is 89.2 Å². The minimum Gasteiger partial charge on any atom is -0.412 e. The van der Waals surface area contributed by atoms with Gasteiger partial charge in [-0.05, 0) is 12.8 Å². The molecule has 0 aliphatic carbocycles. The molecule has 154 valence electrons. The molecule has 26 heavy (non-hydrogen) atoms. The predicted octanol–water partition coefficient (Wildman–Crippen LogP) is 5.31. The number of hydrogen-bond acceptors (Lipinski definition) is 0. The number of quaternary nitrogens is 1. The Morgan fingerprint density at radius 3 is 1.50 bits per heavy atom. The average Bonchev–Trinajstić information content (AvgIpc) is 2.56. The first-order chi connectivity index (χ1) is 11.6. The number of benzene rings is 1. The van der Waals surface area contributed by atoms with E-state index in [0.717, 1.165) is 11.0 Å². The van der Waals surface area contributed by atoms with E-state index in [9.17, 15) is 0 Å². The molecule has 0 unspecified atom stereocenters. The van der Waals surface area contributed by atoms with Gasteiger partial charge in [-0.15, -0.1) is 0 Å². The third-order valence-corrected chi connectivity index (χ3v) is 5.07. The van der Waals surface area contributed by atoms with E-state index in [1.807, 2.05) is 0 Å². The van der Waals surface area contributed by atoms with Crippen LogP contribution < -0.4 is 0 Å². The van der Waals surface area contributed by atoms with Crippen molar-refractivity contribution >= 4 is 0 Å². The van der Waals surface area contributed by atoms with Gasteiger partial charge >= 0.3 is 0 Å². The highest BCUT2D eigenvalue weighted by molar-refractivity contribution is 5.13. The Morgan fingerprint density at radius 2 is 1.04 bits per heavy atom. The zero-order valence-electron chi connectivity index (χ0n) is 17.7. The number of unbranched alkanes of at least 4 members (excludes halogenated alkanes) is 11. The molecule has 0 bridgehead atoms. The van der Waals surface area contributed by atoms with Crippen molar-refractivity contribution in [3.05, 3.63) is 35.9 Å². The summed E-state index contributed by atoms with van der Waals surface area (Å²) in [4.78, 5) is 0. The van der Waals surface area contributed by atoms with Crippen LogP contribution in [0.3, 0.4) is 0 Å². The zero-order valence-corrected chi connectivity index (χ0v) is 17.7. The van der Waals surface area contributed by atoms with E-state index in [4.69, 9.17) is 0 Å². The van der Waals surface area contributed by atoms with Gasteiger partial charge in [-0.1, -0.05) is 101 Å². The highest BCUT2D eigenvalue weighted by Gasteiger charge is 2.14. The summed E-state index contributed by atoms with van der Waals surface area (Å²) in [5.41, 5.74) is 1.46. The molecule has 1 aromatic carbocycles. The lowest BCUT2D eigenvalue weighted by molar-refractivity contribution is -0.903. The summed E-state index contributed by atoms with van der Waals surface area (Å²) >= 11 is 0. The van der Waals surface area contributed by atoms with Crippen LogP contribution in [0, 0.1) is 0 Å². The first-order valence-electron chi connectivity index (χ1n) is 10.5. The quantitative estimate of drug-likeness (QED) is 0.297. The van der Waals surface area contributed by atoms with E-state index in [1.54, 1.807) is 0 Å². The van der Waals surface area contributed by atoms with E-state index < -0.39 is 0 Å². The fourth-order valence-electron chi connectivity index (χ4n) is 3.54. The van der Waals surface area contributed by atoms with Gasteiger partial charge in [0.15, 0.2) is 0 Å². The van der Waals surface area contributed by atoms with Crippen LogP contribution in [-0.4, -0.2) is 36.1 Å². The minimum atomic E-state index is 0. The maximum atomic E-state index is 2.37. The van der Waals surface area contributed by atoms with Crippen LogP contribution in [-0.2, 0) is 6.54 Å². The molecular weight excluding hydrogens is 322 g/mol. The molecule has 1 rings (SSSR count). The Bertz CT molecular complexity index is 392. The molecule has 0 heterocycles. The Hall–Kier alpha value is -0.900. The fourth-order valence-corrected chi connectivity index (χ4v) is 3.54. The van der Waals surface area contributed by atoms with Crippen LogP contribution >= 0.6 is 0 Å². The molecule has 0 saturated carbocycles. The molecule has 0 aliphatic rings. The summed E-state index contributed by atoms with van der Waals surface area (Å²) < 4.78 is 1.11. The highest BCUT2D eigenvalue weighted by atomic mass is 16.0. The van der Waals surface area contributed by atoms with Gasteiger partial charge in [0.05, 0.1) is 20.6 Å². The second-order valence-electron chi connectivity index (χ2n) is 8.19. The van der Waals surface area contributed by atoms with Gasteiger partial charge in [-0.2, -0.15) is 0 Å². The van der Waals surface area contributed by atoms with Gasteiger partial charge in [0.2, 0.25) is 0 Å². The first kappa shape index (κ1) is 27.3. The lowest BCUT2D eigenvalue weighted by atomic mass is 10.1. The minimum absolute atomic E-state index is 0. The summed E-state index contributed by atoms with van der Waals surface area (Å²) in [5, 5.41) is 0. The van der Waals surface area contributed by atoms with Crippen molar-refractivity contribution in [2.24, 2.45) is 0 Å². The van der Waals surface area contributed by atoms with Gasteiger partial charge in [-0.25, -0.2) is 0 Å². The Kier molecular flexibility index (Phi) is 18.4. The van der Waals surface area contributed by atoms with Gasteiger partial charge < -0.3 is 15.4 Å². The van der Waals surface area contributed by atoms with Crippen molar-refractivity contribution in [1.29, 1.82) is 0 Å². The zero-order chi connectivity index (χ0) is 17.5. The van der Waals surface area contributed by atoms with Crippen LogP contribution in [0.2, 0.25) is 0 Å². The second-order valence-corrected chi connectivity index (χ2v) is 8.19. The number of rotatable bonds is 15. The molecule has 3 nitrogen and oxygen atoms in total. The Balaban J connectivity index is 0. The largest absolute Gasteiger partial charge is 0.412 e. The molecule has 0 radical (unpaired) electrons. The van der Waals surface area contributed by atoms with Crippen LogP contribution in [0.25, 0.3) is 0 Å². The topological polar surface area (TPSA) is 63.0 Å². The van der Waals surface area contributed by atoms with E-state index in [0.29, 0.717) is 0 Å². The lowest BCUT2D eigenvalue weighted by Gasteiger charge is -2.30. The van der Waals surface area contributed by atoms with Gasteiger partial charge in [0.1, 0.15) is 6.54 Å². The predicted molar refractivity (Wildman–Crippen MR) is 115 cm³/mol. The Labute approximate surface area is 163 Å². The van der Waals surface area contributed by atoms with Crippen molar-refractivity contribution in [1.82, 2.24) is 0 Å². The molecule has 4 N–H and O–H groups in total. The Morgan fingerprint density at radius 1 is 0.615 bits per heavy atom. The van der Waals surface area contributed by atoms with Gasteiger partial charge in [-0.3, -0.25) is 0 Å². The summed E-state index contributed by atoms with van der Waals surface area (Å²) in [7, 11) is 4.73. The van der Waals surface area contributed by atoms with Gasteiger partial charge in [0, 0.05) is 5.56 Å². The highest BCUT2D eigenvalue weighted by Crippen LogP contribution is 2.14. The van der Waals surface area contributed by atoms with E-state index >= 15 is 0 Å². The van der Waals surface area contributed by atoms with Crippen LogP contribution in [0.1, 0.15) is 89.5 Å². The molecular formula is C23H46NO2+. The molecule has 0 atom stereocenters. The number of hydrogen-bond donors (Lipinski definition) is 0. The van der Waals surface area contributed by atoms with Gasteiger partial charge in [0.25, 0.3) is 0 Å². The molecule has 0 fully saturated rings. The standard InChI is InChI=1S/C23H42N.2H2O/c1-4-5-6-7-8-9-10-11-12-13-14-18-21-24(2,3)22-23-19-16-15-17-20-23;;/h15-17,19-20H,4-14,18,21-22H2,1-3H3;2*1H2/q+1;;.